The van der Waals surface area contributed by atoms with Crippen LogP contribution in [-0.2, 0) is 10.0 Å². The number of halogens is 2. The van der Waals surface area contributed by atoms with Crippen LogP contribution >= 0.6 is 43.2 Å². The second kappa shape index (κ2) is 6.27. The van der Waals surface area contributed by atoms with Gasteiger partial charge in [-0.1, -0.05) is 15.9 Å². The molecule has 2 aromatic rings. The summed E-state index contributed by atoms with van der Waals surface area (Å²) in [5, 5.41) is 0. The third kappa shape index (κ3) is 3.71. The molecule has 0 spiro atoms. The molecule has 1 heterocycles. The van der Waals surface area contributed by atoms with Crippen molar-refractivity contribution in [2.45, 2.75) is 24.8 Å². The largest absolute Gasteiger partial charge is 0.242 e. The molecule has 0 bridgehead atoms. The molecule has 0 aliphatic heterocycles. The van der Waals surface area contributed by atoms with Crippen LogP contribution in [0, 0.1) is 6.92 Å². The maximum absolute atomic E-state index is 12.4. The Kier molecular flexibility index (Phi) is 5.07. The number of thiophene rings is 1. The predicted octanol–water partition coefficient (Wildman–Crippen LogP) is 4.62. The molecule has 0 saturated carbocycles. The third-order valence-electron chi connectivity index (χ3n) is 2.70. The summed E-state index contributed by atoms with van der Waals surface area (Å²) < 4.78 is 28.9. The maximum atomic E-state index is 12.4. The molecule has 3 nitrogen and oxygen atoms in total. The van der Waals surface area contributed by atoms with Gasteiger partial charge in [-0.2, -0.15) is 0 Å². The monoisotopic (exact) mass is 437 g/mol. The van der Waals surface area contributed by atoms with Crippen molar-refractivity contribution < 1.29 is 8.42 Å². The number of hydrogen-bond donors (Lipinski definition) is 1. The van der Waals surface area contributed by atoms with Crippen LogP contribution in [0.3, 0.4) is 0 Å². The molecular formula is C13H13Br2NO2S2. The molecule has 0 aliphatic rings. The summed E-state index contributed by atoms with van der Waals surface area (Å²) in [6, 6.07) is 8.68. The van der Waals surface area contributed by atoms with Crippen LogP contribution in [-0.4, -0.2) is 8.42 Å². The van der Waals surface area contributed by atoms with E-state index in [9.17, 15) is 8.42 Å². The Balaban J connectivity index is 2.27. The molecule has 2 rings (SSSR count). The fourth-order valence-electron chi connectivity index (χ4n) is 1.73. The molecule has 0 radical (unpaired) electrons. The summed E-state index contributed by atoms with van der Waals surface area (Å²) >= 11 is 8.19. The lowest BCUT2D eigenvalue weighted by atomic mass is 10.3. The van der Waals surface area contributed by atoms with Crippen molar-refractivity contribution in [2.24, 2.45) is 0 Å². The Morgan fingerprint density at radius 1 is 1.20 bits per heavy atom. The quantitative estimate of drug-likeness (QED) is 0.756. The molecule has 1 N–H and O–H groups in total. The number of sulfonamides is 1. The highest BCUT2D eigenvalue weighted by Gasteiger charge is 2.21. The molecule has 1 aromatic carbocycles. The number of rotatable bonds is 4. The summed E-state index contributed by atoms with van der Waals surface area (Å²) in [6.45, 7) is 3.84. The molecular weight excluding hydrogens is 426 g/mol. The van der Waals surface area contributed by atoms with E-state index in [-0.39, 0.29) is 10.9 Å². The normalized spacial score (nSPS) is 13.4. The van der Waals surface area contributed by atoms with E-state index in [0.717, 1.165) is 14.2 Å². The number of aryl methyl sites for hydroxylation is 1. The van der Waals surface area contributed by atoms with Gasteiger partial charge in [-0.25, -0.2) is 13.1 Å². The summed E-state index contributed by atoms with van der Waals surface area (Å²) in [6.07, 6.45) is 0. The second-order valence-electron chi connectivity index (χ2n) is 4.37. The van der Waals surface area contributed by atoms with E-state index in [1.54, 1.807) is 29.5 Å². The first-order valence-corrected chi connectivity index (χ1v) is 9.72. The van der Waals surface area contributed by atoms with Gasteiger partial charge in [0.15, 0.2) is 0 Å². The van der Waals surface area contributed by atoms with Gasteiger partial charge >= 0.3 is 0 Å². The Bertz CT molecular complexity index is 726. The van der Waals surface area contributed by atoms with Gasteiger partial charge in [-0.05, 0) is 60.1 Å². The van der Waals surface area contributed by atoms with E-state index in [1.165, 1.54) is 0 Å². The minimum absolute atomic E-state index is 0.237. The summed E-state index contributed by atoms with van der Waals surface area (Å²) in [5.41, 5.74) is 0. The highest BCUT2D eigenvalue weighted by molar-refractivity contribution is 9.11. The SMILES string of the molecule is Cc1ccc(C(C)NS(=O)(=O)c2ccc(Br)cc2Br)s1. The molecule has 1 atom stereocenters. The maximum Gasteiger partial charge on any atom is 0.242 e. The van der Waals surface area contributed by atoms with E-state index in [2.05, 4.69) is 36.6 Å². The van der Waals surface area contributed by atoms with Crippen LogP contribution in [0.1, 0.15) is 22.7 Å². The standard InChI is InChI=1S/C13H13Br2NO2S2/c1-8-3-5-12(19-8)9(2)16-20(17,18)13-6-4-10(14)7-11(13)15/h3-7,9,16H,1-2H3. The van der Waals surface area contributed by atoms with Crippen LogP contribution < -0.4 is 4.72 Å². The zero-order chi connectivity index (χ0) is 14.9. The van der Waals surface area contributed by atoms with Gasteiger partial charge in [0.1, 0.15) is 0 Å². The van der Waals surface area contributed by atoms with E-state index in [1.807, 2.05) is 26.0 Å². The van der Waals surface area contributed by atoms with Crippen molar-refractivity contribution in [1.29, 1.82) is 0 Å². The molecule has 20 heavy (non-hydrogen) atoms. The lowest BCUT2D eigenvalue weighted by molar-refractivity contribution is 0.568. The van der Waals surface area contributed by atoms with Crippen LogP contribution in [0.25, 0.3) is 0 Å². The van der Waals surface area contributed by atoms with Gasteiger partial charge in [0, 0.05) is 18.7 Å². The predicted molar refractivity (Wildman–Crippen MR) is 89.6 cm³/mol. The average molecular weight is 439 g/mol. The third-order valence-corrected chi connectivity index (χ3v) is 6.90. The highest BCUT2D eigenvalue weighted by atomic mass is 79.9. The molecule has 0 saturated heterocycles. The van der Waals surface area contributed by atoms with Crippen LogP contribution in [0.5, 0.6) is 0 Å². The number of benzene rings is 1. The first-order chi connectivity index (χ1) is 9.29. The lowest BCUT2D eigenvalue weighted by Gasteiger charge is -2.14. The Labute approximate surface area is 139 Å². The van der Waals surface area contributed by atoms with Crippen molar-refractivity contribution in [1.82, 2.24) is 4.72 Å². The second-order valence-corrected chi connectivity index (χ2v) is 9.14. The van der Waals surface area contributed by atoms with Gasteiger partial charge in [-0.3, -0.25) is 0 Å². The smallest absolute Gasteiger partial charge is 0.207 e. The topological polar surface area (TPSA) is 46.2 Å². The summed E-state index contributed by atoms with van der Waals surface area (Å²) in [5.74, 6) is 0. The van der Waals surface area contributed by atoms with E-state index < -0.39 is 10.0 Å². The molecule has 7 heteroatoms. The summed E-state index contributed by atoms with van der Waals surface area (Å²) in [7, 11) is -3.56. The molecule has 0 fully saturated rings. The Morgan fingerprint density at radius 2 is 1.90 bits per heavy atom. The number of hydrogen-bond acceptors (Lipinski definition) is 3. The van der Waals surface area contributed by atoms with Gasteiger partial charge in [0.05, 0.1) is 10.9 Å². The van der Waals surface area contributed by atoms with Crippen LogP contribution in [0.4, 0.5) is 0 Å². The fourth-order valence-corrected chi connectivity index (χ4v) is 5.66. The minimum atomic E-state index is -3.56. The Hall–Kier alpha value is -0.210. The first kappa shape index (κ1) is 16.2. The zero-order valence-electron chi connectivity index (χ0n) is 10.9. The molecule has 1 unspecified atom stereocenters. The van der Waals surface area contributed by atoms with Gasteiger partial charge < -0.3 is 0 Å². The van der Waals surface area contributed by atoms with Crippen molar-refractivity contribution in [3.8, 4) is 0 Å². The van der Waals surface area contributed by atoms with E-state index >= 15 is 0 Å². The lowest BCUT2D eigenvalue weighted by Crippen LogP contribution is -2.26. The van der Waals surface area contributed by atoms with Crippen molar-refractivity contribution in [3.05, 3.63) is 49.0 Å². The number of nitrogens with one attached hydrogen (secondary N) is 1. The molecule has 0 aliphatic carbocycles. The van der Waals surface area contributed by atoms with Gasteiger partial charge in [0.25, 0.3) is 0 Å². The van der Waals surface area contributed by atoms with Gasteiger partial charge in [-0.15, -0.1) is 11.3 Å². The van der Waals surface area contributed by atoms with E-state index in [0.29, 0.717) is 4.47 Å². The molecule has 108 valence electrons. The van der Waals surface area contributed by atoms with Crippen LogP contribution in [0.2, 0.25) is 0 Å². The van der Waals surface area contributed by atoms with Crippen molar-refractivity contribution in [2.75, 3.05) is 0 Å². The summed E-state index contributed by atoms with van der Waals surface area (Å²) in [4.78, 5) is 2.40. The zero-order valence-corrected chi connectivity index (χ0v) is 15.7. The van der Waals surface area contributed by atoms with Gasteiger partial charge in [0.2, 0.25) is 10.0 Å². The Morgan fingerprint density at radius 3 is 2.45 bits per heavy atom. The van der Waals surface area contributed by atoms with E-state index in [4.69, 9.17) is 0 Å². The average Bonchev–Trinajstić information content (AvgIpc) is 2.74. The first-order valence-electron chi connectivity index (χ1n) is 5.83. The van der Waals surface area contributed by atoms with Crippen molar-refractivity contribution in [3.63, 3.8) is 0 Å². The van der Waals surface area contributed by atoms with Crippen molar-refractivity contribution >= 4 is 53.2 Å². The highest BCUT2D eigenvalue weighted by Crippen LogP contribution is 2.28. The minimum Gasteiger partial charge on any atom is -0.207 e. The fraction of sp³-hybridized carbons (Fsp3) is 0.231. The molecule has 0 amide bonds. The molecule has 1 aromatic heterocycles. The van der Waals surface area contributed by atoms with Crippen LogP contribution in [0.15, 0.2) is 44.2 Å².